The molecule has 0 saturated carbocycles. The summed E-state index contributed by atoms with van der Waals surface area (Å²) in [6, 6.07) is 9.75. The molecule has 4 nitrogen and oxygen atoms in total. The van der Waals surface area contributed by atoms with E-state index in [1.165, 1.54) is 0 Å². The Hall–Kier alpha value is -1.49. The number of hydrogen-bond donors (Lipinski definition) is 2. The van der Waals surface area contributed by atoms with Gasteiger partial charge in [0.25, 0.3) is 0 Å². The van der Waals surface area contributed by atoms with Gasteiger partial charge in [0.15, 0.2) is 0 Å². The second kappa shape index (κ2) is 6.90. The van der Waals surface area contributed by atoms with Gasteiger partial charge in [0.2, 0.25) is 5.91 Å². The molecule has 0 bridgehead atoms. The summed E-state index contributed by atoms with van der Waals surface area (Å²) in [5, 5.41) is 10.7. The summed E-state index contributed by atoms with van der Waals surface area (Å²) >= 11 is 1.57. The van der Waals surface area contributed by atoms with Gasteiger partial charge in [0.05, 0.1) is 0 Å². The van der Waals surface area contributed by atoms with E-state index in [-0.39, 0.29) is 12.5 Å². The van der Waals surface area contributed by atoms with Gasteiger partial charge in [0.1, 0.15) is 6.54 Å². The summed E-state index contributed by atoms with van der Waals surface area (Å²) < 4.78 is 0. The van der Waals surface area contributed by atoms with Crippen molar-refractivity contribution < 1.29 is 14.7 Å². The highest BCUT2D eigenvalue weighted by atomic mass is 32.2. The predicted octanol–water partition coefficient (Wildman–Crippen LogP) is 1.37. The smallest absolute Gasteiger partial charge is 0.322 e. The number of carboxylic acids is 1. The van der Waals surface area contributed by atoms with Crippen LogP contribution in [0.2, 0.25) is 0 Å². The molecular formula is C11H13NO3S. The highest BCUT2D eigenvalue weighted by Crippen LogP contribution is 2.17. The molecule has 0 aliphatic carbocycles. The molecule has 0 radical (unpaired) electrons. The second-order valence-electron chi connectivity index (χ2n) is 3.08. The first-order chi connectivity index (χ1) is 7.68. The van der Waals surface area contributed by atoms with Crippen LogP contribution in [-0.4, -0.2) is 29.3 Å². The lowest BCUT2D eigenvalue weighted by Crippen LogP contribution is -2.29. The number of carboxylic acid groups (broad SMARTS) is 1. The SMILES string of the molecule is O=C(O)CNC(=O)CCSc1ccccc1. The number of aliphatic carboxylic acids is 1. The number of carbonyl (C=O) groups is 2. The van der Waals surface area contributed by atoms with Gasteiger partial charge >= 0.3 is 5.97 Å². The third-order valence-electron chi connectivity index (χ3n) is 1.78. The number of amides is 1. The summed E-state index contributed by atoms with van der Waals surface area (Å²) in [7, 11) is 0. The Morgan fingerprint density at radius 3 is 2.56 bits per heavy atom. The summed E-state index contributed by atoms with van der Waals surface area (Å²) in [6.07, 6.45) is 0.326. The van der Waals surface area contributed by atoms with Crippen molar-refractivity contribution in [1.29, 1.82) is 0 Å². The highest BCUT2D eigenvalue weighted by Gasteiger charge is 2.03. The minimum absolute atomic E-state index is 0.231. The number of thioether (sulfide) groups is 1. The molecule has 1 aromatic rings. The maximum atomic E-state index is 11.1. The Morgan fingerprint density at radius 2 is 1.94 bits per heavy atom. The van der Waals surface area contributed by atoms with Crippen LogP contribution in [0.5, 0.6) is 0 Å². The van der Waals surface area contributed by atoms with E-state index in [2.05, 4.69) is 5.32 Å². The van der Waals surface area contributed by atoms with Crippen LogP contribution in [0.4, 0.5) is 0 Å². The summed E-state index contributed by atoms with van der Waals surface area (Å²) in [4.78, 5) is 22.4. The first-order valence-corrected chi connectivity index (χ1v) is 5.83. The van der Waals surface area contributed by atoms with Crippen molar-refractivity contribution >= 4 is 23.6 Å². The quantitative estimate of drug-likeness (QED) is 0.736. The molecule has 1 aromatic carbocycles. The van der Waals surface area contributed by atoms with E-state index in [1.807, 2.05) is 30.3 Å². The molecule has 86 valence electrons. The van der Waals surface area contributed by atoms with E-state index >= 15 is 0 Å². The van der Waals surface area contributed by atoms with Gasteiger partial charge in [-0.2, -0.15) is 0 Å². The van der Waals surface area contributed by atoms with Crippen molar-refractivity contribution in [2.24, 2.45) is 0 Å². The molecule has 1 rings (SSSR count). The van der Waals surface area contributed by atoms with E-state index in [9.17, 15) is 9.59 Å². The van der Waals surface area contributed by atoms with E-state index < -0.39 is 5.97 Å². The van der Waals surface area contributed by atoms with Crippen LogP contribution in [0.15, 0.2) is 35.2 Å². The van der Waals surface area contributed by atoms with Gasteiger partial charge < -0.3 is 10.4 Å². The lowest BCUT2D eigenvalue weighted by Gasteiger charge is -2.02. The number of benzene rings is 1. The predicted molar refractivity (Wildman–Crippen MR) is 62.4 cm³/mol. The molecule has 0 spiro atoms. The molecule has 0 atom stereocenters. The van der Waals surface area contributed by atoms with E-state index in [0.29, 0.717) is 12.2 Å². The van der Waals surface area contributed by atoms with Crippen LogP contribution < -0.4 is 5.32 Å². The van der Waals surface area contributed by atoms with Gasteiger partial charge in [-0.3, -0.25) is 9.59 Å². The van der Waals surface area contributed by atoms with Crippen molar-refractivity contribution in [2.45, 2.75) is 11.3 Å². The third kappa shape index (κ3) is 5.41. The van der Waals surface area contributed by atoms with Crippen LogP contribution >= 0.6 is 11.8 Å². The molecular weight excluding hydrogens is 226 g/mol. The van der Waals surface area contributed by atoms with E-state index in [0.717, 1.165) is 4.90 Å². The van der Waals surface area contributed by atoms with Gasteiger partial charge in [0, 0.05) is 17.1 Å². The minimum Gasteiger partial charge on any atom is -0.480 e. The van der Waals surface area contributed by atoms with Gasteiger partial charge in [-0.25, -0.2) is 0 Å². The topological polar surface area (TPSA) is 66.4 Å². The summed E-state index contributed by atoms with van der Waals surface area (Å²) in [5.41, 5.74) is 0. The molecule has 0 aliphatic heterocycles. The average Bonchev–Trinajstić information content (AvgIpc) is 2.28. The molecule has 0 aromatic heterocycles. The van der Waals surface area contributed by atoms with E-state index in [1.54, 1.807) is 11.8 Å². The molecule has 0 heterocycles. The second-order valence-corrected chi connectivity index (χ2v) is 4.25. The van der Waals surface area contributed by atoms with Crippen LogP contribution in [0.1, 0.15) is 6.42 Å². The zero-order valence-electron chi connectivity index (χ0n) is 8.68. The lowest BCUT2D eigenvalue weighted by atomic mass is 10.4. The van der Waals surface area contributed by atoms with Crippen molar-refractivity contribution in [1.82, 2.24) is 5.32 Å². The van der Waals surface area contributed by atoms with Crippen molar-refractivity contribution in [3.05, 3.63) is 30.3 Å². The van der Waals surface area contributed by atoms with Crippen molar-refractivity contribution in [3.8, 4) is 0 Å². The Kier molecular flexibility index (Phi) is 5.42. The molecule has 0 aliphatic rings. The number of nitrogens with one attached hydrogen (secondary N) is 1. The molecule has 1 amide bonds. The molecule has 0 unspecified atom stereocenters. The fraction of sp³-hybridized carbons (Fsp3) is 0.273. The molecule has 0 saturated heterocycles. The van der Waals surface area contributed by atoms with Crippen LogP contribution in [0, 0.1) is 0 Å². The van der Waals surface area contributed by atoms with Crippen LogP contribution in [-0.2, 0) is 9.59 Å². The zero-order chi connectivity index (χ0) is 11.8. The lowest BCUT2D eigenvalue weighted by molar-refractivity contribution is -0.137. The Bertz CT molecular complexity index is 354. The largest absolute Gasteiger partial charge is 0.480 e. The Labute approximate surface area is 98.0 Å². The highest BCUT2D eigenvalue weighted by molar-refractivity contribution is 7.99. The maximum absolute atomic E-state index is 11.1. The number of hydrogen-bond acceptors (Lipinski definition) is 3. The summed E-state index contributed by atoms with van der Waals surface area (Å²) in [6.45, 7) is -0.311. The van der Waals surface area contributed by atoms with Crippen molar-refractivity contribution in [2.75, 3.05) is 12.3 Å². The number of carbonyl (C=O) groups excluding carboxylic acids is 1. The fourth-order valence-electron chi connectivity index (χ4n) is 1.04. The summed E-state index contributed by atoms with van der Waals surface area (Å²) in [5.74, 6) is -0.606. The van der Waals surface area contributed by atoms with Gasteiger partial charge in [-0.15, -0.1) is 11.8 Å². The average molecular weight is 239 g/mol. The fourth-order valence-corrected chi connectivity index (χ4v) is 1.91. The Morgan fingerprint density at radius 1 is 1.25 bits per heavy atom. The monoisotopic (exact) mass is 239 g/mol. The van der Waals surface area contributed by atoms with Gasteiger partial charge in [-0.05, 0) is 12.1 Å². The normalized spacial score (nSPS) is 9.75. The van der Waals surface area contributed by atoms with Crippen LogP contribution in [0.25, 0.3) is 0 Å². The van der Waals surface area contributed by atoms with Crippen LogP contribution in [0.3, 0.4) is 0 Å². The maximum Gasteiger partial charge on any atom is 0.322 e. The van der Waals surface area contributed by atoms with Gasteiger partial charge in [-0.1, -0.05) is 18.2 Å². The molecule has 16 heavy (non-hydrogen) atoms. The molecule has 0 fully saturated rings. The first kappa shape index (κ1) is 12.6. The minimum atomic E-state index is -1.02. The first-order valence-electron chi connectivity index (χ1n) is 4.85. The zero-order valence-corrected chi connectivity index (χ0v) is 9.50. The molecule has 5 heteroatoms. The van der Waals surface area contributed by atoms with Crippen molar-refractivity contribution in [3.63, 3.8) is 0 Å². The standard InChI is InChI=1S/C11H13NO3S/c13-10(12-8-11(14)15)6-7-16-9-4-2-1-3-5-9/h1-5H,6-8H2,(H,12,13)(H,14,15). The van der Waals surface area contributed by atoms with E-state index in [4.69, 9.17) is 5.11 Å². The molecule has 2 N–H and O–H groups in total. The third-order valence-corrected chi connectivity index (χ3v) is 2.79. The number of rotatable bonds is 6. The Balaban J connectivity index is 2.16.